The summed E-state index contributed by atoms with van der Waals surface area (Å²) in [4.78, 5) is 12.9. The number of carbonyl (C=O) groups excluding carboxylic acids is 1. The number of ketones is 1. The first-order valence-corrected chi connectivity index (χ1v) is 7.44. The molecular weight excluding hydrogens is 252 g/mol. The molecule has 2 unspecified atom stereocenters. The van der Waals surface area contributed by atoms with Gasteiger partial charge in [0.1, 0.15) is 11.4 Å². The second-order valence-electron chi connectivity index (χ2n) is 5.69. The minimum Gasteiger partial charge on any atom is -0.494 e. The van der Waals surface area contributed by atoms with Gasteiger partial charge in [-0.3, -0.25) is 4.79 Å². The number of ether oxygens (including phenoxy) is 2. The number of methoxy groups -OCH3 is 1. The Morgan fingerprint density at radius 1 is 1.45 bits per heavy atom. The molecule has 20 heavy (non-hydrogen) atoms. The molecule has 0 N–H and O–H groups in total. The largest absolute Gasteiger partial charge is 0.494 e. The molecule has 0 amide bonds. The molecule has 0 saturated heterocycles. The van der Waals surface area contributed by atoms with E-state index in [4.69, 9.17) is 9.47 Å². The molecule has 0 spiro atoms. The van der Waals surface area contributed by atoms with E-state index in [1.54, 1.807) is 7.11 Å². The van der Waals surface area contributed by atoms with Crippen LogP contribution >= 0.6 is 0 Å². The van der Waals surface area contributed by atoms with Crippen LogP contribution in [0, 0.1) is 5.92 Å². The lowest BCUT2D eigenvalue weighted by molar-refractivity contribution is -0.0302. The van der Waals surface area contributed by atoms with E-state index in [-0.39, 0.29) is 5.78 Å². The fourth-order valence-electron chi connectivity index (χ4n) is 3.14. The molecule has 0 aliphatic heterocycles. The van der Waals surface area contributed by atoms with Gasteiger partial charge in [0.05, 0.1) is 6.61 Å². The Balaban J connectivity index is 2.26. The van der Waals surface area contributed by atoms with E-state index >= 15 is 0 Å². The van der Waals surface area contributed by atoms with Gasteiger partial charge >= 0.3 is 0 Å². The maximum atomic E-state index is 12.9. The van der Waals surface area contributed by atoms with Crippen LogP contribution in [-0.4, -0.2) is 25.1 Å². The first-order chi connectivity index (χ1) is 9.61. The summed E-state index contributed by atoms with van der Waals surface area (Å²) in [6.07, 6.45) is 3.84. The van der Waals surface area contributed by atoms with Crippen LogP contribution < -0.4 is 4.74 Å². The van der Waals surface area contributed by atoms with Gasteiger partial charge in [0.2, 0.25) is 0 Å². The minimum atomic E-state index is -0.650. The highest BCUT2D eigenvalue weighted by Crippen LogP contribution is 2.37. The highest BCUT2D eigenvalue weighted by Gasteiger charge is 2.42. The number of hydrogen-bond donors (Lipinski definition) is 0. The Morgan fingerprint density at radius 3 is 2.90 bits per heavy atom. The second-order valence-corrected chi connectivity index (χ2v) is 5.69. The first-order valence-electron chi connectivity index (χ1n) is 7.44. The Morgan fingerprint density at radius 2 is 2.25 bits per heavy atom. The quantitative estimate of drug-likeness (QED) is 0.766. The van der Waals surface area contributed by atoms with Gasteiger partial charge < -0.3 is 9.47 Å². The van der Waals surface area contributed by atoms with E-state index in [9.17, 15) is 4.79 Å². The molecule has 1 aromatic rings. The van der Waals surface area contributed by atoms with E-state index < -0.39 is 5.60 Å². The highest BCUT2D eigenvalue weighted by atomic mass is 16.5. The Kier molecular flexibility index (Phi) is 4.81. The van der Waals surface area contributed by atoms with Gasteiger partial charge in [0.25, 0.3) is 0 Å². The van der Waals surface area contributed by atoms with Crippen LogP contribution in [0.2, 0.25) is 0 Å². The fourth-order valence-corrected chi connectivity index (χ4v) is 3.14. The molecule has 2 rings (SSSR count). The zero-order chi connectivity index (χ0) is 14.6. The lowest BCUT2D eigenvalue weighted by atomic mass is 9.75. The predicted octanol–water partition coefficient (Wildman–Crippen LogP) is 3.86. The lowest BCUT2D eigenvalue weighted by Gasteiger charge is -2.37. The topological polar surface area (TPSA) is 35.5 Å². The third-order valence-electron chi connectivity index (χ3n) is 4.17. The third kappa shape index (κ3) is 3.04. The normalized spacial score (nSPS) is 26.2. The van der Waals surface area contributed by atoms with Gasteiger partial charge in [0.15, 0.2) is 5.78 Å². The van der Waals surface area contributed by atoms with Crippen molar-refractivity contribution < 1.29 is 14.3 Å². The Bertz CT molecular complexity index is 469. The van der Waals surface area contributed by atoms with Crippen LogP contribution in [0.1, 0.15) is 49.9 Å². The third-order valence-corrected chi connectivity index (χ3v) is 4.17. The zero-order valence-electron chi connectivity index (χ0n) is 12.6. The van der Waals surface area contributed by atoms with Gasteiger partial charge in [-0.1, -0.05) is 25.5 Å². The van der Waals surface area contributed by atoms with E-state index in [0.717, 1.165) is 25.0 Å². The maximum Gasteiger partial charge on any atom is 0.194 e. The van der Waals surface area contributed by atoms with Gasteiger partial charge in [0, 0.05) is 12.7 Å². The van der Waals surface area contributed by atoms with E-state index in [0.29, 0.717) is 18.1 Å². The van der Waals surface area contributed by atoms with Crippen molar-refractivity contribution in [2.24, 2.45) is 5.92 Å². The second kappa shape index (κ2) is 6.40. The molecule has 1 saturated carbocycles. The Hall–Kier alpha value is -1.35. The average molecular weight is 276 g/mol. The number of carbonyl (C=O) groups is 1. The summed E-state index contributed by atoms with van der Waals surface area (Å²) in [6, 6.07) is 7.42. The summed E-state index contributed by atoms with van der Waals surface area (Å²) in [5, 5.41) is 0. The van der Waals surface area contributed by atoms with Gasteiger partial charge in [-0.2, -0.15) is 0 Å². The molecule has 0 heterocycles. The number of hydrogen-bond acceptors (Lipinski definition) is 3. The van der Waals surface area contributed by atoms with Gasteiger partial charge in [-0.05, 0) is 44.2 Å². The monoisotopic (exact) mass is 276 g/mol. The number of Topliss-reactive ketones (excluding diaryl/α,β-unsaturated/α-hetero) is 1. The SMILES string of the molecule is CCOc1cccc(C(=O)C2(OC)CCCC(C)C2)c1. The first kappa shape index (κ1) is 15.0. The molecule has 3 nitrogen and oxygen atoms in total. The van der Waals surface area contributed by atoms with Gasteiger partial charge in [-0.15, -0.1) is 0 Å². The minimum absolute atomic E-state index is 0.0908. The van der Waals surface area contributed by atoms with Crippen LogP contribution in [0.4, 0.5) is 0 Å². The van der Waals surface area contributed by atoms with Crippen molar-refractivity contribution in [1.82, 2.24) is 0 Å². The summed E-state index contributed by atoms with van der Waals surface area (Å²) >= 11 is 0. The summed E-state index contributed by atoms with van der Waals surface area (Å²) < 4.78 is 11.2. The van der Waals surface area contributed by atoms with Crippen LogP contribution in [0.15, 0.2) is 24.3 Å². The summed E-state index contributed by atoms with van der Waals surface area (Å²) in [5.74, 6) is 1.37. The van der Waals surface area contributed by atoms with Crippen LogP contribution in [-0.2, 0) is 4.74 Å². The molecule has 1 aliphatic carbocycles. The number of benzene rings is 1. The van der Waals surface area contributed by atoms with Crippen molar-refractivity contribution >= 4 is 5.78 Å². The molecular formula is C17H24O3. The lowest BCUT2D eigenvalue weighted by Crippen LogP contribution is -2.44. The summed E-state index contributed by atoms with van der Waals surface area (Å²) in [5.41, 5.74) is 0.0367. The maximum absolute atomic E-state index is 12.9. The van der Waals surface area contributed by atoms with E-state index in [1.165, 1.54) is 6.42 Å². The van der Waals surface area contributed by atoms with E-state index in [2.05, 4.69) is 6.92 Å². The fraction of sp³-hybridized carbons (Fsp3) is 0.588. The average Bonchev–Trinajstić information content (AvgIpc) is 2.47. The van der Waals surface area contributed by atoms with Crippen molar-refractivity contribution in [2.75, 3.05) is 13.7 Å². The van der Waals surface area contributed by atoms with Crippen LogP contribution in [0.25, 0.3) is 0 Å². The van der Waals surface area contributed by atoms with Crippen LogP contribution in [0.5, 0.6) is 5.75 Å². The highest BCUT2D eigenvalue weighted by molar-refractivity contribution is 6.02. The van der Waals surface area contributed by atoms with Crippen molar-refractivity contribution in [2.45, 2.75) is 45.1 Å². The molecule has 1 aliphatic rings. The molecule has 110 valence electrons. The van der Waals surface area contributed by atoms with Crippen LogP contribution in [0.3, 0.4) is 0 Å². The van der Waals surface area contributed by atoms with Crippen molar-refractivity contribution in [3.63, 3.8) is 0 Å². The molecule has 0 bridgehead atoms. The smallest absolute Gasteiger partial charge is 0.194 e. The predicted molar refractivity (Wildman–Crippen MR) is 79.3 cm³/mol. The van der Waals surface area contributed by atoms with E-state index in [1.807, 2.05) is 31.2 Å². The molecule has 1 aromatic carbocycles. The van der Waals surface area contributed by atoms with Gasteiger partial charge in [-0.25, -0.2) is 0 Å². The Labute approximate surface area is 121 Å². The molecule has 1 fully saturated rings. The van der Waals surface area contributed by atoms with Crippen molar-refractivity contribution in [3.8, 4) is 5.75 Å². The summed E-state index contributed by atoms with van der Waals surface area (Å²) in [7, 11) is 1.66. The van der Waals surface area contributed by atoms with Crippen molar-refractivity contribution in [3.05, 3.63) is 29.8 Å². The molecule has 2 atom stereocenters. The standard InChI is InChI=1S/C17H24O3/c1-4-20-15-9-5-8-14(11-15)16(18)17(19-3)10-6-7-13(2)12-17/h5,8-9,11,13H,4,6-7,10,12H2,1-3H3. The van der Waals surface area contributed by atoms with Crippen molar-refractivity contribution in [1.29, 1.82) is 0 Å². The molecule has 3 heteroatoms. The molecule has 0 aromatic heterocycles. The summed E-state index contributed by atoms with van der Waals surface area (Å²) in [6.45, 7) is 4.73. The molecule has 0 radical (unpaired) electrons. The number of rotatable bonds is 5. The zero-order valence-corrected chi connectivity index (χ0v) is 12.6.